The van der Waals surface area contributed by atoms with Gasteiger partial charge in [-0.1, -0.05) is 23.7 Å². The molecule has 8 heteroatoms. The number of nitrogens with zero attached hydrogens (tertiary/aromatic N) is 3. The Balaban J connectivity index is 1.61. The Morgan fingerprint density at radius 3 is 2.58 bits per heavy atom. The minimum Gasteiger partial charge on any atom is -0.444 e. The highest BCUT2D eigenvalue weighted by atomic mass is 35.5. The fourth-order valence-corrected chi connectivity index (χ4v) is 3.38. The van der Waals surface area contributed by atoms with Gasteiger partial charge in [0.25, 0.3) is 0 Å². The fourth-order valence-electron chi connectivity index (χ4n) is 3.26. The molecule has 0 saturated heterocycles. The van der Waals surface area contributed by atoms with Crippen molar-refractivity contribution in [3.8, 4) is 0 Å². The molecule has 2 aromatic heterocycles. The van der Waals surface area contributed by atoms with E-state index in [4.69, 9.17) is 16.3 Å². The molecule has 0 aliphatic carbocycles. The number of carbonyl (C=O) groups is 2. The molecule has 3 heterocycles. The van der Waals surface area contributed by atoms with Gasteiger partial charge in [0, 0.05) is 25.5 Å². The zero-order chi connectivity index (χ0) is 22.6. The number of carbonyl (C=O) groups excluding carboxylic acids is 2. The largest absolute Gasteiger partial charge is 0.444 e. The third-order valence-electron chi connectivity index (χ3n) is 4.66. The van der Waals surface area contributed by atoms with E-state index >= 15 is 0 Å². The minimum atomic E-state index is -0.509. The van der Waals surface area contributed by atoms with Gasteiger partial charge >= 0.3 is 6.09 Å². The fraction of sp³-hybridized carbons (Fsp3) is 0.391. The van der Waals surface area contributed by atoms with Gasteiger partial charge in [0.2, 0.25) is 5.91 Å². The van der Waals surface area contributed by atoms with E-state index in [1.165, 1.54) is 6.20 Å². The Kier molecular flexibility index (Phi) is 6.95. The number of rotatable bonds is 4. The van der Waals surface area contributed by atoms with E-state index in [1.807, 2.05) is 39.8 Å². The Bertz CT molecular complexity index is 997. The maximum atomic E-state index is 12.3. The topological polar surface area (TPSA) is 84.4 Å². The van der Waals surface area contributed by atoms with Gasteiger partial charge in [-0.15, -0.1) is 0 Å². The molecule has 7 nitrogen and oxygen atoms in total. The number of hydrogen-bond donors (Lipinski definition) is 1. The molecule has 1 aliphatic heterocycles. The highest BCUT2D eigenvalue weighted by molar-refractivity contribution is 6.30. The van der Waals surface area contributed by atoms with Crippen LogP contribution in [0.5, 0.6) is 0 Å². The highest BCUT2D eigenvalue weighted by Crippen LogP contribution is 2.25. The summed E-state index contributed by atoms with van der Waals surface area (Å²) in [5, 5.41) is 3.26. The molecular formula is C23H27ClN4O3. The number of pyridine rings is 2. The first-order valence-electron chi connectivity index (χ1n) is 10.1. The van der Waals surface area contributed by atoms with E-state index < -0.39 is 5.60 Å². The van der Waals surface area contributed by atoms with E-state index in [0.717, 1.165) is 22.4 Å². The van der Waals surface area contributed by atoms with Gasteiger partial charge < -0.3 is 15.0 Å². The van der Waals surface area contributed by atoms with Crippen molar-refractivity contribution in [3.63, 3.8) is 0 Å². The summed E-state index contributed by atoms with van der Waals surface area (Å²) in [4.78, 5) is 34.9. The maximum Gasteiger partial charge on any atom is 0.410 e. The van der Waals surface area contributed by atoms with Crippen LogP contribution in [0.25, 0.3) is 5.57 Å². The first kappa shape index (κ1) is 22.7. The number of amides is 2. The number of nitrogens with one attached hydrogen (secondary N) is 1. The van der Waals surface area contributed by atoms with Gasteiger partial charge in [-0.2, -0.15) is 0 Å². The van der Waals surface area contributed by atoms with Gasteiger partial charge in [0.1, 0.15) is 11.4 Å². The first-order valence-corrected chi connectivity index (χ1v) is 10.5. The van der Waals surface area contributed by atoms with E-state index in [0.29, 0.717) is 30.4 Å². The summed E-state index contributed by atoms with van der Waals surface area (Å²) in [7, 11) is 0. The van der Waals surface area contributed by atoms with Gasteiger partial charge in [0.15, 0.2) is 0 Å². The average molecular weight is 443 g/mol. The molecular weight excluding hydrogens is 416 g/mol. The van der Waals surface area contributed by atoms with E-state index in [1.54, 1.807) is 23.2 Å². The van der Waals surface area contributed by atoms with E-state index in [2.05, 4.69) is 15.3 Å². The Hall–Kier alpha value is -2.93. The summed E-state index contributed by atoms with van der Waals surface area (Å²) in [6, 6.07) is 5.30. The van der Waals surface area contributed by atoms with Gasteiger partial charge in [-0.25, -0.2) is 9.78 Å². The number of ether oxygens (including phenoxy) is 1. The lowest BCUT2D eigenvalue weighted by molar-refractivity contribution is -0.115. The standard InChI is InChI=1S/C23H27ClN4O3/c1-15-11-16(12-20(29)27-19-6-5-18(24)14-25-19)13-26-21(15)17-7-9-28(10-8-17)22(30)31-23(2,3)4/h5-7,11,13-14H,8-10,12H2,1-4H3,(H,25,27,29). The first-order chi connectivity index (χ1) is 14.6. The zero-order valence-corrected chi connectivity index (χ0v) is 19.0. The summed E-state index contributed by atoms with van der Waals surface area (Å²) < 4.78 is 5.44. The van der Waals surface area contributed by atoms with Crippen molar-refractivity contribution >= 4 is 35.0 Å². The van der Waals surface area contributed by atoms with Crippen molar-refractivity contribution in [2.24, 2.45) is 0 Å². The molecule has 0 aromatic carbocycles. The Morgan fingerprint density at radius 1 is 1.23 bits per heavy atom. The molecule has 0 bridgehead atoms. The summed E-state index contributed by atoms with van der Waals surface area (Å²) >= 11 is 5.81. The Labute approximate surface area is 187 Å². The second-order valence-electron chi connectivity index (χ2n) is 8.50. The van der Waals surface area contributed by atoms with Gasteiger partial charge in [0.05, 0.1) is 17.1 Å². The number of anilines is 1. The van der Waals surface area contributed by atoms with Crippen LogP contribution in [0.15, 0.2) is 36.7 Å². The van der Waals surface area contributed by atoms with Crippen molar-refractivity contribution in [1.82, 2.24) is 14.9 Å². The number of halogens is 1. The normalized spacial score (nSPS) is 14.1. The number of hydrogen-bond acceptors (Lipinski definition) is 5. The summed E-state index contributed by atoms with van der Waals surface area (Å²) in [6.45, 7) is 8.63. The van der Waals surface area contributed by atoms with Crippen LogP contribution in [0, 0.1) is 6.92 Å². The van der Waals surface area contributed by atoms with Crippen molar-refractivity contribution < 1.29 is 14.3 Å². The average Bonchev–Trinajstić information content (AvgIpc) is 2.69. The molecule has 0 atom stereocenters. The SMILES string of the molecule is Cc1cc(CC(=O)Nc2ccc(Cl)cn2)cnc1C1=CCN(C(=O)OC(C)(C)C)CC1. The summed E-state index contributed by atoms with van der Waals surface area (Å²) in [5.74, 6) is 0.284. The molecule has 1 aliphatic rings. The molecule has 0 spiro atoms. The van der Waals surface area contributed by atoms with Crippen LogP contribution in [0.3, 0.4) is 0 Å². The number of aryl methyl sites for hydroxylation is 1. The summed E-state index contributed by atoms with van der Waals surface area (Å²) in [6.07, 6.45) is 5.82. The molecule has 0 unspecified atom stereocenters. The molecule has 2 aromatic rings. The third kappa shape index (κ3) is 6.52. The third-order valence-corrected chi connectivity index (χ3v) is 4.88. The smallest absolute Gasteiger partial charge is 0.410 e. The van der Waals surface area contributed by atoms with E-state index in [-0.39, 0.29) is 18.4 Å². The van der Waals surface area contributed by atoms with Crippen LogP contribution in [-0.2, 0) is 16.0 Å². The van der Waals surface area contributed by atoms with Gasteiger partial charge in [-0.3, -0.25) is 9.78 Å². The van der Waals surface area contributed by atoms with Crippen LogP contribution in [0.4, 0.5) is 10.6 Å². The lowest BCUT2D eigenvalue weighted by atomic mass is 9.99. The number of aromatic nitrogens is 2. The quantitative estimate of drug-likeness (QED) is 0.745. The molecule has 0 saturated carbocycles. The monoisotopic (exact) mass is 442 g/mol. The minimum absolute atomic E-state index is 0.173. The highest BCUT2D eigenvalue weighted by Gasteiger charge is 2.24. The maximum absolute atomic E-state index is 12.3. The van der Waals surface area contributed by atoms with E-state index in [9.17, 15) is 9.59 Å². The predicted octanol–water partition coefficient (Wildman–Crippen LogP) is 4.64. The summed E-state index contributed by atoms with van der Waals surface area (Å²) in [5.41, 5.74) is 3.29. The van der Waals surface area contributed by atoms with Crippen molar-refractivity contribution in [2.45, 2.75) is 46.1 Å². The molecule has 3 rings (SSSR count). The lowest BCUT2D eigenvalue weighted by Crippen LogP contribution is -2.39. The predicted molar refractivity (Wildman–Crippen MR) is 121 cm³/mol. The lowest BCUT2D eigenvalue weighted by Gasteiger charge is -2.29. The second-order valence-corrected chi connectivity index (χ2v) is 8.94. The zero-order valence-electron chi connectivity index (χ0n) is 18.2. The second kappa shape index (κ2) is 9.47. The van der Waals surface area contributed by atoms with Crippen LogP contribution in [-0.4, -0.2) is 45.6 Å². The van der Waals surface area contributed by atoms with Gasteiger partial charge in [-0.05, 0) is 62.9 Å². The molecule has 164 valence electrons. The Morgan fingerprint density at radius 2 is 2.00 bits per heavy atom. The van der Waals surface area contributed by atoms with Crippen LogP contribution in [0.1, 0.15) is 44.0 Å². The molecule has 1 N–H and O–H groups in total. The molecule has 0 fully saturated rings. The molecule has 31 heavy (non-hydrogen) atoms. The van der Waals surface area contributed by atoms with Crippen molar-refractivity contribution in [2.75, 3.05) is 18.4 Å². The molecule has 2 amide bonds. The molecule has 0 radical (unpaired) electrons. The van der Waals surface area contributed by atoms with Crippen LogP contribution < -0.4 is 5.32 Å². The van der Waals surface area contributed by atoms with Crippen LogP contribution >= 0.6 is 11.6 Å². The van der Waals surface area contributed by atoms with Crippen molar-refractivity contribution in [1.29, 1.82) is 0 Å². The van der Waals surface area contributed by atoms with Crippen molar-refractivity contribution in [3.05, 3.63) is 58.5 Å². The van der Waals surface area contributed by atoms with Crippen LogP contribution in [0.2, 0.25) is 5.02 Å².